The minimum atomic E-state index is 0.207. The maximum absolute atomic E-state index is 13.1. The Morgan fingerprint density at radius 1 is 0.931 bits per heavy atom. The molecule has 0 bridgehead atoms. The zero-order chi connectivity index (χ0) is 20.5. The summed E-state index contributed by atoms with van der Waals surface area (Å²) in [7, 11) is 0. The van der Waals surface area contributed by atoms with Crippen molar-refractivity contribution >= 4 is 5.91 Å². The third-order valence-electron chi connectivity index (χ3n) is 7.07. The van der Waals surface area contributed by atoms with E-state index in [4.69, 9.17) is 4.74 Å². The van der Waals surface area contributed by atoms with Gasteiger partial charge in [0.25, 0.3) is 5.91 Å². The minimum Gasteiger partial charge on any atom is -0.490 e. The van der Waals surface area contributed by atoms with E-state index in [2.05, 4.69) is 48.5 Å². The monoisotopic (exact) mass is 399 g/mol. The van der Waals surface area contributed by atoms with Crippen LogP contribution in [0.5, 0.6) is 5.75 Å². The van der Waals surface area contributed by atoms with Crippen molar-refractivity contribution in [2.75, 3.05) is 32.7 Å². The predicted molar refractivity (Wildman–Crippen MR) is 117 cm³/mol. The molecule has 5 heteroatoms. The molecule has 1 amide bonds. The van der Waals surface area contributed by atoms with Gasteiger partial charge in [-0.2, -0.15) is 0 Å². The molecule has 2 fully saturated rings. The Kier molecular flexibility index (Phi) is 6.16. The van der Waals surface area contributed by atoms with Crippen molar-refractivity contribution in [3.05, 3.63) is 29.3 Å². The highest BCUT2D eigenvalue weighted by Gasteiger charge is 2.35. The zero-order valence-corrected chi connectivity index (χ0v) is 18.6. The fourth-order valence-corrected chi connectivity index (χ4v) is 5.10. The van der Waals surface area contributed by atoms with Gasteiger partial charge in [-0.1, -0.05) is 0 Å². The molecule has 5 nitrogen and oxygen atoms in total. The first-order valence-corrected chi connectivity index (χ1v) is 11.5. The molecule has 1 unspecified atom stereocenters. The lowest BCUT2D eigenvalue weighted by Crippen LogP contribution is -2.46. The SMILES string of the molecule is CC(C)N1CCC(Oc2ccc3c(c2)CCN(C2CCN(C(C)C)C2)C3=O)CC1. The van der Waals surface area contributed by atoms with Crippen LogP contribution in [0, 0.1) is 0 Å². The molecule has 3 aliphatic rings. The number of likely N-dealkylation sites (tertiary alicyclic amines) is 2. The molecule has 0 aliphatic carbocycles. The molecular formula is C24H37N3O2. The van der Waals surface area contributed by atoms with Crippen LogP contribution in [0.15, 0.2) is 18.2 Å². The zero-order valence-electron chi connectivity index (χ0n) is 18.6. The van der Waals surface area contributed by atoms with E-state index in [1.165, 1.54) is 0 Å². The van der Waals surface area contributed by atoms with Crippen LogP contribution >= 0.6 is 0 Å². The molecule has 2 saturated heterocycles. The second-order valence-electron chi connectivity index (χ2n) is 9.55. The molecule has 0 aromatic heterocycles. The van der Waals surface area contributed by atoms with E-state index in [1.807, 2.05) is 12.1 Å². The van der Waals surface area contributed by atoms with Crippen LogP contribution in [0.4, 0.5) is 0 Å². The summed E-state index contributed by atoms with van der Waals surface area (Å²) in [6.07, 6.45) is 4.48. The van der Waals surface area contributed by atoms with Gasteiger partial charge in [-0.15, -0.1) is 0 Å². The van der Waals surface area contributed by atoms with Crippen LogP contribution in [0.3, 0.4) is 0 Å². The number of carbonyl (C=O) groups excluding carboxylic acids is 1. The molecular weight excluding hydrogens is 362 g/mol. The molecule has 0 saturated carbocycles. The number of carbonyl (C=O) groups is 1. The van der Waals surface area contributed by atoms with Crippen LogP contribution in [-0.2, 0) is 6.42 Å². The first-order chi connectivity index (χ1) is 13.9. The van der Waals surface area contributed by atoms with Gasteiger partial charge in [-0.05, 0) is 77.1 Å². The topological polar surface area (TPSA) is 36.0 Å². The van der Waals surface area contributed by atoms with E-state index in [1.54, 1.807) is 0 Å². The van der Waals surface area contributed by atoms with E-state index < -0.39 is 0 Å². The molecule has 29 heavy (non-hydrogen) atoms. The smallest absolute Gasteiger partial charge is 0.254 e. The van der Waals surface area contributed by atoms with Crippen molar-refractivity contribution in [3.8, 4) is 5.75 Å². The number of nitrogens with zero attached hydrogens (tertiary/aromatic N) is 3. The second-order valence-corrected chi connectivity index (χ2v) is 9.55. The van der Waals surface area contributed by atoms with Gasteiger partial charge in [0.1, 0.15) is 11.9 Å². The lowest BCUT2D eigenvalue weighted by atomic mass is 9.97. The lowest BCUT2D eigenvalue weighted by molar-refractivity contribution is 0.0659. The summed E-state index contributed by atoms with van der Waals surface area (Å²) in [6.45, 7) is 14.2. The summed E-state index contributed by atoms with van der Waals surface area (Å²) in [5.74, 6) is 1.14. The molecule has 1 atom stereocenters. The number of hydrogen-bond acceptors (Lipinski definition) is 4. The molecule has 0 radical (unpaired) electrons. The average molecular weight is 400 g/mol. The van der Waals surface area contributed by atoms with Crippen LogP contribution in [0.25, 0.3) is 0 Å². The fourth-order valence-electron chi connectivity index (χ4n) is 5.10. The Balaban J connectivity index is 1.38. The summed E-state index contributed by atoms with van der Waals surface area (Å²) in [4.78, 5) is 20.3. The summed E-state index contributed by atoms with van der Waals surface area (Å²) < 4.78 is 6.29. The molecule has 0 N–H and O–H groups in total. The van der Waals surface area contributed by atoms with Crippen LogP contribution in [0.1, 0.15) is 62.9 Å². The van der Waals surface area contributed by atoms with Gasteiger partial charge in [-0.25, -0.2) is 0 Å². The maximum Gasteiger partial charge on any atom is 0.254 e. The van der Waals surface area contributed by atoms with Crippen molar-refractivity contribution in [1.29, 1.82) is 0 Å². The number of hydrogen-bond donors (Lipinski definition) is 0. The number of fused-ring (bicyclic) bond motifs is 1. The maximum atomic E-state index is 13.1. The summed E-state index contributed by atoms with van der Waals surface area (Å²) in [5.41, 5.74) is 2.03. The van der Waals surface area contributed by atoms with E-state index in [0.717, 1.165) is 75.3 Å². The van der Waals surface area contributed by atoms with Crippen molar-refractivity contribution in [3.63, 3.8) is 0 Å². The number of rotatable bonds is 5. The van der Waals surface area contributed by atoms with E-state index >= 15 is 0 Å². The fraction of sp³-hybridized carbons (Fsp3) is 0.708. The van der Waals surface area contributed by atoms with Gasteiger partial charge >= 0.3 is 0 Å². The standard InChI is InChI=1S/C24H37N3O2/c1-17(2)25-12-9-21(10-13-25)29-22-5-6-23-19(15-22)7-14-27(24(23)28)20-8-11-26(16-20)18(3)4/h5-6,15,17-18,20-21H,7-14,16H2,1-4H3. The van der Waals surface area contributed by atoms with Crippen LogP contribution < -0.4 is 4.74 Å². The normalized spacial score (nSPS) is 24.6. The van der Waals surface area contributed by atoms with Gasteiger partial charge in [-0.3, -0.25) is 9.69 Å². The van der Waals surface area contributed by atoms with E-state index in [-0.39, 0.29) is 5.91 Å². The molecule has 160 valence electrons. The minimum absolute atomic E-state index is 0.207. The number of benzene rings is 1. The Labute approximate surface area is 176 Å². The largest absolute Gasteiger partial charge is 0.490 e. The van der Waals surface area contributed by atoms with Crippen molar-refractivity contribution in [2.45, 2.75) is 77.6 Å². The first-order valence-electron chi connectivity index (χ1n) is 11.5. The summed E-state index contributed by atoms with van der Waals surface area (Å²) in [6, 6.07) is 7.65. The van der Waals surface area contributed by atoms with Crippen molar-refractivity contribution in [2.24, 2.45) is 0 Å². The Bertz CT molecular complexity index is 725. The number of amides is 1. The lowest BCUT2D eigenvalue weighted by Gasteiger charge is -2.35. The third-order valence-corrected chi connectivity index (χ3v) is 7.07. The van der Waals surface area contributed by atoms with Gasteiger partial charge in [0, 0.05) is 56.4 Å². The third kappa shape index (κ3) is 4.46. The molecule has 0 spiro atoms. The molecule has 3 heterocycles. The van der Waals surface area contributed by atoms with E-state index in [9.17, 15) is 4.79 Å². The highest BCUT2D eigenvalue weighted by atomic mass is 16.5. The predicted octanol–water partition coefficient (Wildman–Crippen LogP) is 3.42. The van der Waals surface area contributed by atoms with Crippen LogP contribution in [-0.4, -0.2) is 77.6 Å². The Morgan fingerprint density at radius 3 is 2.28 bits per heavy atom. The number of ether oxygens (including phenoxy) is 1. The van der Waals surface area contributed by atoms with E-state index in [0.29, 0.717) is 24.2 Å². The first kappa shape index (κ1) is 20.7. The average Bonchev–Trinajstić information content (AvgIpc) is 3.19. The Hall–Kier alpha value is -1.59. The second kappa shape index (κ2) is 8.65. The molecule has 4 rings (SSSR count). The quantitative estimate of drug-likeness (QED) is 0.760. The molecule has 1 aromatic rings. The highest BCUT2D eigenvalue weighted by molar-refractivity contribution is 5.97. The van der Waals surface area contributed by atoms with Gasteiger partial charge in [0.2, 0.25) is 0 Å². The van der Waals surface area contributed by atoms with Crippen LogP contribution in [0.2, 0.25) is 0 Å². The van der Waals surface area contributed by atoms with Gasteiger partial charge < -0.3 is 14.5 Å². The Morgan fingerprint density at radius 2 is 1.62 bits per heavy atom. The van der Waals surface area contributed by atoms with Crippen molar-refractivity contribution < 1.29 is 9.53 Å². The number of piperidine rings is 1. The molecule has 3 aliphatic heterocycles. The summed E-state index contributed by atoms with van der Waals surface area (Å²) in [5, 5.41) is 0. The van der Waals surface area contributed by atoms with Gasteiger partial charge in [0.15, 0.2) is 0 Å². The molecule has 1 aromatic carbocycles. The van der Waals surface area contributed by atoms with Crippen molar-refractivity contribution in [1.82, 2.24) is 14.7 Å². The van der Waals surface area contributed by atoms with Gasteiger partial charge in [0.05, 0.1) is 0 Å². The highest BCUT2D eigenvalue weighted by Crippen LogP contribution is 2.29. The summed E-state index contributed by atoms with van der Waals surface area (Å²) >= 11 is 0.